The van der Waals surface area contributed by atoms with Gasteiger partial charge in [-0.05, 0) is 55.5 Å². The van der Waals surface area contributed by atoms with Crippen LogP contribution < -0.4 is 21.4 Å². The largest absolute Gasteiger partial charge is 0.341 e. The predicted octanol–water partition coefficient (Wildman–Crippen LogP) is 1.78. The van der Waals surface area contributed by atoms with Crippen LogP contribution in [0.3, 0.4) is 0 Å². The van der Waals surface area contributed by atoms with Gasteiger partial charge in [0.2, 0.25) is 0 Å². The molecule has 0 spiro atoms. The molecule has 4 amide bonds. The number of rotatable bonds is 6. The second-order valence-corrected chi connectivity index (χ2v) is 7.00. The van der Waals surface area contributed by atoms with Crippen molar-refractivity contribution in [3.63, 3.8) is 0 Å². The summed E-state index contributed by atoms with van der Waals surface area (Å²) in [6, 6.07) is 8.17. The van der Waals surface area contributed by atoms with Crippen LogP contribution in [0.25, 0.3) is 0 Å². The van der Waals surface area contributed by atoms with Crippen molar-refractivity contribution in [2.75, 3.05) is 7.05 Å². The summed E-state index contributed by atoms with van der Waals surface area (Å²) < 4.78 is 40.5. The predicted molar refractivity (Wildman–Crippen MR) is 112 cm³/mol. The Kier molecular flexibility index (Phi) is 8.42. The molecule has 0 saturated heterocycles. The normalized spacial score (nSPS) is 13.1. The molecule has 0 aromatic heterocycles. The summed E-state index contributed by atoms with van der Waals surface area (Å²) in [6.45, 7) is 0.848. The first kappa shape index (κ1) is 25.2. The number of hydroxylamine groups is 1. The van der Waals surface area contributed by atoms with Crippen molar-refractivity contribution in [3.8, 4) is 11.8 Å². The first-order valence-electron chi connectivity index (χ1n) is 9.51. The Balaban J connectivity index is 2.23. The first-order chi connectivity index (χ1) is 15.6. The fraction of sp³-hybridized carbons (Fsp3) is 0.227. The van der Waals surface area contributed by atoms with Crippen LogP contribution in [-0.2, 0) is 4.79 Å². The zero-order valence-corrected chi connectivity index (χ0v) is 17.6. The molecule has 0 bridgehead atoms. The Morgan fingerprint density at radius 2 is 1.48 bits per heavy atom. The Labute approximate surface area is 187 Å². The van der Waals surface area contributed by atoms with Crippen molar-refractivity contribution in [1.82, 2.24) is 21.4 Å². The van der Waals surface area contributed by atoms with E-state index < -0.39 is 41.7 Å². The van der Waals surface area contributed by atoms with Crippen LogP contribution in [0.1, 0.15) is 28.4 Å². The molecule has 2 rings (SSSR count). The van der Waals surface area contributed by atoms with Crippen molar-refractivity contribution in [2.45, 2.75) is 24.9 Å². The van der Waals surface area contributed by atoms with Crippen molar-refractivity contribution in [1.29, 1.82) is 0 Å². The summed E-state index contributed by atoms with van der Waals surface area (Å²) in [5, 5.41) is 15.1. The number of amides is 4. The van der Waals surface area contributed by atoms with Gasteiger partial charge in [0.25, 0.3) is 18.2 Å². The van der Waals surface area contributed by atoms with E-state index in [0.29, 0.717) is 11.1 Å². The molecule has 0 heterocycles. The van der Waals surface area contributed by atoms with E-state index in [2.05, 4.69) is 22.5 Å². The van der Waals surface area contributed by atoms with Crippen LogP contribution in [0, 0.1) is 17.7 Å². The highest BCUT2D eigenvalue weighted by atomic mass is 19.3. The van der Waals surface area contributed by atoms with Gasteiger partial charge in [-0.15, -0.1) is 0 Å². The van der Waals surface area contributed by atoms with Gasteiger partial charge in [-0.1, -0.05) is 11.8 Å². The molecule has 33 heavy (non-hydrogen) atoms. The second kappa shape index (κ2) is 11.0. The number of halogens is 3. The lowest BCUT2D eigenvalue weighted by molar-refractivity contribution is -0.135. The minimum Gasteiger partial charge on any atom is -0.341 e. The van der Waals surface area contributed by atoms with Gasteiger partial charge in [-0.2, -0.15) is 0 Å². The van der Waals surface area contributed by atoms with Crippen molar-refractivity contribution < 1.29 is 32.8 Å². The third kappa shape index (κ3) is 6.47. The van der Waals surface area contributed by atoms with E-state index in [1.807, 2.05) is 5.32 Å². The number of hydrogen-bond donors (Lipinski definition) is 5. The molecule has 0 radical (unpaired) electrons. The standard InChI is InChI=1S/C22H21F3N4O4/c1-22(20(24)25,28-21(32)26-2)17(19(31)29-33)27-18(30)15-9-5-13(6-10-15)3-4-14-7-11-16(23)12-8-14/h5-12,17,20,33H,1-2H3,(H,27,30)(H,29,31)(H2,26,28,32)/t17-,22?/m1/s1. The lowest BCUT2D eigenvalue weighted by Crippen LogP contribution is -2.69. The third-order valence-corrected chi connectivity index (χ3v) is 4.65. The summed E-state index contributed by atoms with van der Waals surface area (Å²) in [5.74, 6) is 2.99. The highest BCUT2D eigenvalue weighted by molar-refractivity contribution is 5.98. The molecule has 0 aliphatic heterocycles. The number of benzene rings is 2. The Morgan fingerprint density at radius 1 is 0.970 bits per heavy atom. The fourth-order valence-electron chi connectivity index (χ4n) is 2.71. The molecule has 1 unspecified atom stereocenters. The van der Waals surface area contributed by atoms with Gasteiger partial charge in [-0.25, -0.2) is 23.4 Å². The van der Waals surface area contributed by atoms with Crippen molar-refractivity contribution in [2.24, 2.45) is 0 Å². The number of carbonyl (C=O) groups is 3. The molecule has 0 aliphatic carbocycles. The molecule has 8 nitrogen and oxygen atoms in total. The van der Waals surface area contributed by atoms with E-state index in [1.54, 1.807) is 0 Å². The molecule has 11 heteroatoms. The summed E-state index contributed by atoms with van der Waals surface area (Å²) in [5.41, 5.74) is -0.237. The van der Waals surface area contributed by atoms with Crippen molar-refractivity contribution in [3.05, 3.63) is 71.0 Å². The van der Waals surface area contributed by atoms with E-state index >= 15 is 0 Å². The van der Waals surface area contributed by atoms with Gasteiger partial charge in [0.15, 0.2) is 0 Å². The van der Waals surface area contributed by atoms with Gasteiger partial charge >= 0.3 is 6.03 Å². The molecule has 0 saturated carbocycles. The number of carbonyl (C=O) groups excluding carboxylic acids is 3. The van der Waals surface area contributed by atoms with Crippen LogP contribution in [0.5, 0.6) is 0 Å². The lowest BCUT2D eigenvalue weighted by atomic mass is 9.91. The molecule has 0 fully saturated rings. The van der Waals surface area contributed by atoms with E-state index in [9.17, 15) is 27.6 Å². The van der Waals surface area contributed by atoms with E-state index in [0.717, 1.165) is 6.92 Å². The molecular weight excluding hydrogens is 441 g/mol. The monoisotopic (exact) mass is 462 g/mol. The molecule has 0 aliphatic rings. The summed E-state index contributed by atoms with van der Waals surface area (Å²) >= 11 is 0. The van der Waals surface area contributed by atoms with Crippen LogP contribution in [-0.4, -0.2) is 48.1 Å². The van der Waals surface area contributed by atoms with E-state index in [-0.39, 0.29) is 5.56 Å². The fourth-order valence-corrected chi connectivity index (χ4v) is 2.71. The number of alkyl halides is 2. The highest BCUT2D eigenvalue weighted by Crippen LogP contribution is 2.21. The number of hydrogen-bond acceptors (Lipinski definition) is 4. The second-order valence-electron chi connectivity index (χ2n) is 7.00. The molecule has 2 atom stereocenters. The minimum atomic E-state index is -3.29. The smallest absolute Gasteiger partial charge is 0.315 e. The first-order valence-corrected chi connectivity index (χ1v) is 9.51. The molecule has 5 N–H and O–H groups in total. The average molecular weight is 462 g/mol. The maximum Gasteiger partial charge on any atom is 0.315 e. The van der Waals surface area contributed by atoms with Gasteiger partial charge in [0.05, 0.1) is 0 Å². The number of urea groups is 1. The van der Waals surface area contributed by atoms with Gasteiger partial charge in [-0.3, -0.25) is 14.8 Å². The highest BCUT2D eigenvalue weighted by Gasteiger charge is 2.48. The Bertz CT molecular complexity index is 1070. The third-order valence-electron chi connectivity index (χ3n) is 4.65. The van der Waals surface area contributed by atoms with Crippen LogP contribution in [0.15, 0.2) is 48.5 Å². The van der Waals surface area contributed by atoms with Gasteiger partial charge in [0, 0.05) is 23.7 Å². The van der Waals surface area contributed by atoms with Crippen LogP contribution >= 0.6 is 0 Å². The van der Waals surface area contributed by atoms with Crippen LogP contribution in [0.4, 0.5) is 18.0 Å². The molecule has 174 valence electrons. The summed E-state index contributed by atoms with van der Waals surface area (Å²) in [6.07, 6.45) is -3.29. The summed E-state index contributed by atoms with van der Waals surface area (Å²) in [7, 11) is 1.18. The molecule has 2 aromatic rings. The van der Waals surface area contributed by atoms with Gasteiger partial charge in [0.1, 0.15) is 17.4 Å². The Hall–Kier alpha value is -4.04. The SMILES string of the molecule is CNC(=O)NC(C)(C(F)F)[C@H](NC(=O)c1ccc(C#Cc2ccc(F)cc2)cc1)C(=O)NO. The summed E-state index contributed by atoms with van der Waals surface area (Å²) in [4.78, 5) is 36.3. The quantitative estimate of drug-likeness (QED) is 0.255. The van der Waals surface area contributed by atoms with Crippen molar-refractivity contribution >= 4 is 17.8 Å². The zero-order chi connectivity index (χ0) is 24.6. The lowest BCUT2D eigenvalue weighted by Gasteiger charge is -2.36. The Morgan fingerprint density at radius 3 is 1.94 bits per heavy atom. The van der Waals surface area contributed by atoms with Crippen LogP contribution in [0.2, 0.25) is 0 Å². The van der Waals surface area contributed by atoms with Gasteiger partial charge < -0.3 is 16.0 Å². The van der Waals surface area contributed by atoms with E-state index in [1.165, 1.54) is 61.1 Å². The maximum absolute atomic E-state index is 13.8. The average Bonchev–Trinajstić information content (AvgIpc) is 2.81. The zero-order valence-electron chi connectivity index (χ0n) is 17.6. The van der Waals surface area contributed by atoms with E-state index in [4.69, 9.17) is 5.21 Å². The molecular formula is C22H21F3N4O4. The minimum absolute atomic E-state index is 0.00892. The topological polar surface area (TPSA) is 120 Å². The maximum atomic E-state index is 13.8. The number of nitrogens with one attached hydrogen (secondary N) is 4. The molecule has 2 aromatic carbocycles.